The highest BCUT2D eigenvalue weighted by Gasteiger charge is 2.30. The molecule has 0 unspecified atom stereocenters. The van der Waals surface area contributed by atoms with Crippen LogP contribution in [0.25, 0.3) is 0 Å². The monoisotopic (exact) mass is 321 g/mol. The first-order valence-corrected chi connectivity index (χ1v) is 6.81. The summed E-state index contributed by atoms with van der Waals surface area (Å²) in [5.41, 5.74) is 0. The molecular formula is C12H14BrClFNO. The second-order valence-electron chi connectivity index (χ2n) is 4.16. The van der Waals surface area contributed by atoms with Gasteiger partial charge in [-0.25, -0.2) is 4.39 Å². The molecule has 17 heavy (non-hydrogen) atoms. The van der Waals surface area contributed by atoms with Crippen molar-refractivity contribution in [2.75, 3.05) is 6.54 Å². The van der Waals surface area contributed by atoms with E-state index in [-0.39, 0.29) is 11.1 Å². The maximum absolute atomic E-state index is 13.3. The predicted octanol–water partition coefficient (Wildman–Crippen LogP) is 3.76. The minimum absolute atomic E-state index is 0.100. The zero-order chi connectivity index (χ0) is 12.4. The molecule has 2 rings (SSSR count). The third-order valence-corrected chi connectivity index (χ3v) is 3.77. The summed E-state index contributed by atoms with van der Waals surface area (Å²) < 4.78 is 19.7. The maximum atomic E-state index is 13.3. The smallest absolute Gasteiger partial charge is 0.145 e. The average molecular weight is 323 g/mol. The maximum Gasteiger partial charge on any atom is 0.145 e. The van der Waals surface area contributed by atoms with Gasteiger partial charge in [-0.05, 0) is 41.4 Å². The summed E-state index contributed by atoms with van der Waals surface area (Å²) in [5.74, 6) is 0.0688. The van der Waals surface area contributed by atoms with Gasteiger partial charge in [0.25, 0.3) is 0 Å². The molecule has 0 saturated heterocycles. The van der Waals surface area contributed by atoms with Gasteiger partial charge < -0.3 is 10.1 Å². The van der Waals surface area contributed by atoms with Crippen LogP contribution >= 0.6 is 27.5 Å². The first-order chi connectivity index (χ1) is 8.10. The molecule has 0 bridgehead atoms. The van der Waals surface area contributed by atoms with Crippen LogP contribution in [0.5, 0.6) is 5.75 Å². The van der Waals surface area contributed by atoms with Crippen molar-refractivity contribution in [2.45, 2.75) is 31.9 Å². The van der Waals surface area contributed by atoms with E-state index in [0.717, 1.165) is 19.4 Å². The normalized spacial score (nSPS) is 23.3. The van der Waals surface area contributed by atoms with E-state index in [1.165, 1.54) is 12.1 Å². The molecule has 0 amide bonds. The highest BCUT2D eigenvalue weighted by atomic mass is 79.9. The van der Waals surface area contributed by atoms with E-state index in [0.29, 0.717) is 16.3 Å². The van der Waals surface area contributed by atoms with E-state index >= 15 is 0 Å². The van der Waals surface area contributed by atoms with E-state index in [1.54, 1.807) is 0 Å². The van der Waals surface area contributed by atoms with Crippen molar-refractivity contribution >= 4 is 27.5 Å². The van der Waals surface area contributed by atoms with Crippen LogP contribution in [0.15, 0.2) is 16.6 Å². The molecule has 1 N–H and O–H groups in total. The minimum atomic E-state index is -0.451. The van der Waals surface area contributed by atoms with Crippen molar-refractivity contribution in [3.63, 3.8) is 0 Å². The van der Waals surface area contributed by atoms with Gasteiger partial charge in [-0.15, -0.1) is 0 Å². The van der Waals surface area contributed by atoms with Crippen molar-refractivity contribution in [3.8, 4) is 5.75 Å². The van der Waals surface area contributed by atoms with Crippen LogP contribution in [0.2, 0.25) is 5.02 Å². The fourth-order valence-corrected chi connectivity index (χ4v) is 2.62. The second-order valence-corrected chi connectivity index (χ2v) is 5.42. The number of benzene rings is 1. The molecule has 1 saturated carbocycles. The summed E-state index contributed by atoms with van der Waals surface area (Å²) in [5, 5.41) is 3.45. The van der Waals surface area contributed by atoms with Gasteiger partial charge in [-0.1, -0.05) is 18.5 Å². The van der Waals surface area contributed by atoms with E-state index in [4.69, 9.17) is 16.3 Å². The lowest BCUT2D eigenvalue weighted by Crippen LogP contribution is -2.46. The Kier molecular flexibility index (Phi) is 4.28. The molecular weight excluding hydrogens is 308 g/mol. The Morgan fingerprint density at radius 2 is 2.24 bits per heavy atom. The first kappa shape index (κ1) is 13.1. The number of halogens is 3. The van der Waals surface area contributed by atoms with Crippen LogP contribution in [-0.4, -0.2) is 18.7 Å². The number of ether oxygens (including phenoxy) is 1. The minimum Gasteiger partial charge on any atom is -0.489 e. The zero-order valence-electron chi connectivity index (χ0n) is 9.47. The summed E-state index contributed by atoms with van der Waals surface area (Å²) in [6.45, 7) is 3.05. The molecule has 0 radical (unpaired) electrons. The molecule has 1 aliphatic carbocycles. The van der Waals surface area contributed by atoms with Crippen LogP contribution < -0.4 is 10.1 Å². The summed E-state index contributed by atoms with van der Waals surface area (Å²) in [4.78, 5) is 0. The lowest BCUT2D eigenvalue weighted by Gasteiger charge is -2.36. The zero-order valence-corrected chi connectivity index (χ0v) is 11.8. The topological polar surface area (TPSA) is 21.3 Å². The molecule has 1 aromatic rings. The Bertz CT molecular complexity index is 410. The standard InChI is InChI=1S/C12H14BrClFNO/c1-2-16-7-3-8(4-7)17-12-6-11(15)10(14)5-9(12)13/h5-8,16H,2-4H2,1H3. The molecule has 1 aliphatic rings. The van der Waals surface area contributed by atoms with Crippen molar-refractivity contribution < 1.29 is 9.13 Å². The van der Waals surface area contributed by atoms with Crippen molar-refractivity contribution in [1.82, 2.24) is 5.32 Å². The molecule has 2 nitrogen and oxygen atoms in total. The molecule has 0 atom stereocenters. The number of hydrogen-bond acceptors (Lipinski definition) is 2. The van der Waals surface area contributed by atoms with Gasteiger partial charge in [0.05, 0.1) is 9.50 Å². The fraction of sp³-hybridized carbons (Fsp3) is 0.500. The lowest BCUT2D eigenvalue weighted by atomic mass is 9.89. The lowest BCUT2D eigenvalue weighted by molar-refractivity contribution is 0.0849. The Morgan fingerprint density at radius 3 is 2.88 bits per heavy atom. The van der Waals surface area contributed by atoms with Gasteiger partial charge in [0, 0.05) is 12.1 Å². The van der Waals surface area contributed by atoms with Gasteiger partial charge >= 0.3 is 0 Å². The van der Waals surface area contributed by atoms with Crippen LogP contribution in [0, 0.1) is 5.82 Å². The third-order valence-electron chi connectivity index (χ3n) is 2.86. The Hall–Kier alpha value is -0.320. The number of rotatable bonds is 4. The van der Waals surface area contributed by atoms with E-state index in [1.807, 2.05) is 0 Å². The van der Waals surface area contributed by atoms with Crippen LogP contribution in [0.3, 0.4) is 0 Å². The Morgan fingerprint density at radius 1 is 1.53 bits per heavy atom. The summed E-state index contributed by atoms with van der Waals surface area (Å²) in [6, 6.07) is 3.38. The second kappa shape index (κ2) is 5.55. The third kappa shape index (κ3) is 3.12. The van der Waals surface area contributed by atoms with E-state index < -0.39 is 5.82 Å². The van der Waals surface area contributed by atoms with Gasteiger partial charge in [0.15, 0.2) is 0 Å². The van der Waals surface area contributed by atoms with Crippen LogP contribution in [0.1, 0.15) is 19.8 Å². The van der Waals surface area contributed by atoms with Crippen molar-refractivity contribution in [2.24, 2.45) is 0 Å². The van der Waals surface area contributed by atoms with Crippen molar-refractivity contribution in [1.29, 1.82) is 0 Å². The molecule has 0 spiro atoms. The van der Waals surface area contributed by atoms with Crippen molar-refractivity contribution in [3.05, 3.63) is 27.4 Å². The molecule has 5 heteroatoms. The number of nitrogens with one attached hydrogen (secondary N) is 1. The summed E-state index contributed by atoms with van der Waals surface area (Å²) in [6.07, 6.45) is 2.09. The Balaban J connectivity index is 1.94. The SMILES string of the molecule is CCNC1CC(Oc2cc(F)c(Cl)cc2Br)C1. The van der Waals surface area contributed by atoms with Gasteiger partial charge in [-0.2, -0.15) is 0 Å². The predicted molar refractivity (Wildman–Crippen MR) is 70.2 cm³/mol. The number of hydrogen-bond donors (Lipinski definition) is 1. The quantitative estimate of drug-likeness (QED) is 0.852. The molecule has 94 valence electrons. The molecule has 1 fully saturated rings. The van der Waals surface area contributed by atoms with Crippen LogP contribution in [0.4, 0.5) is 4.39 Å². The summed E-state index contributed by atoms with van der Waals surface area (Å²) in [7, 11) is 0. The fourth-order valence-electron chi connectivity index (χ4n) is 1.89. The van der Waals surface area contributed by atoms with Crippen LogP contribution in [-0.2, 0) is 0 Å². The highest BCUT2D eigenvalue weighted by molar-refractivity contribution is 9.10. The van der Waals surface area contributed by atoms with Gasteiger partial charge in [0.1, 0.15) is 17.7 Å². The van der Waals surface area contributed by atoms with Gasteiger partial charge in [0.2, 0.25) is 0 Å². The van der Waals surface area contributed by atoms with Gasteiger partial charge in [-0.3, -0.25) is 0 Å². The molecule has 0 heterocycles. The average Bonchev–Trinajstić information content (AvgIpc) is 2.22. The Labute approximate surface area is 114 Å². The molecule has 0 aromatic heterocycles. The first-order valence-electron chi connectivity index (χ1n) is 5.64. The highest BCUT2D eigenvalue weighted by Crippen LogP contribution is 2.34. The molecule has 1 aromatic carbocycles. The van der Waals surface area contributed by atoms with E-state index in [2.05, 4.69) is 28.2 Å². The largest absolute Gasteiger partial charge is 0.489 e. The molecule has 0 aliphatic heterocycles. The van der Waals surface area contributed by atoms with E-state index in [9.17, 15) is 4.39 Å². The summed E-state index contributed by atoms with van der Waals surface area (Å²) >= 11 is 8.98.